The molecular formula is C15H17FN2O2S. The minimum absolute atomic E-state index is 0.115. The number of hydrogen-bond acceptors (Lipinski definition) is 4. The monoisotopic (exact) mass is 308 g/mol. The third-order valence-electron chi connectivity index (χ3n) is 3.06. The van der Waals surface area contributed by atoms with Crippen LogP contribution in [0.25, 0.3) is 0 Å². The maximum absolute atomic E-state index is 13.5. The topological polar surface area (TPSA) is 55.6 Å². The van der Waals surface area contributed by atoms with Gasteiger partial charge in [-0.1, -0.05) is 12.1 Å². The normalized spacial score (nSPS) is 10.6. The van der Waals surface area contributed by atoms with Gasteiger partial charge in [0.05, 0.1) is 24.4 Å². The van der Waals surface area contributed by atoms with Crippen LogP contribution in [0.2, 0.25) is 0 Å². The molecule has 1 aromatic carbocycles. The summed E-state index contributed by atoms with van der Waals surface area (Å²) in [7, 11) is 1.57. The van der Waals surface area contributed by atoms with Crippen molar-refractivity contribution >= 4 is 22.9 Å². The average molecular weight is 308 g/mol. The van der Waals surface area contributed by atoms with Crippen molar-refractivity contribution in [3.63, 3.8) is 0 Å². The first-order valence-electron chi connectivity index (χ1n) is 6.48. The summed E-state index contributed by atoms with van der Waals surface area (Å²) in [4.78, 5) is 15.2. The highest BCUT2D eigenvalue weighted by molar-refractivity contribution is 7.09. The van der Waals surface area contributed by atoms with Crippen LogP contribution in [0.3, 0.4) is 0 Å². The molecule has 2 rings (SSSR count). The second kappa shape index (κ2) is 7.19. The van der Waals surface area contributed by atoms with Crippen LogP contribution in [0.4, 0.5) is 10.1 Å². The van der Waals surface area contributed by atoms with E-state index in [0.717, 1.165) is 4.88 Å². The number of halogens is 1. The summed E-state index contributed by atoms with van der Waals surface area (Å²) in [6.07, 6.45) is 0. The van der Waals surface area contributed by atoms with Gasteiger partial charge in [-0.15, -0.1) is 11.3 Å². The van der Waals surface area contributed by atoms with E-state index in [-0.39, 0.29) is 17.2 Å². The number of nitrogens with zero attached hydrogens (tertiary/aromatic N) is 1. The standard InChI is InChI=1S/C15H17FN2O2S/c1-20-8-7-18(10-11-4-3-9-21-11)15(19)12-5-2-6-13(16)14(12)17/h2-6,9H,7-8,10,17H2,1H3. The smallest absolute Gasteiger partial charge is 0.256 e. The number of ether oxygens (including phenoxy) is 1. The van der Waals surface area contributed by atoms with Crippen LogP contribution < -0.4 is 5.73 Å². The summed E-state index contributed by atoms with van der Waals surface area (Å²) >= 11 is 1.56. The number of carbonyl (C=O) groups excluding carboxylic acids is 1. The van der Waals surface area contributed by atoms with Gasteiger partial charge in [0.15, 0.2) is 0 Å². The van der Waals surface area contributed by atoms with E-state index in [1.807, 2.05) is 17.5 Å². The number of nitrogens with two attached hydrogens (primary N) is 1. The number of methoxy groups -OCH3 is 1. The molecule has 0 atom stereocenters. The fourth-order valence-electron chi connectivity index (χ4n) is 1.94. The fraction of sp³-hybridized carbons (Fsp3) is 0.267. The van der Waals surface area contributed by atoms with Gasteiger partial charge >= 0.3 is 0 Å². The number of anilines is 1. The number of carbonyl (C=O) groups is 1. The van der Waals surface area contributed by atoms with E-state index in [9.17, 15) is 9.18 Å². The predicted octanol–water partition coefficient (Wildman–Crippen LogP) is 2.76. The van der Waals surface area contributed by atoms with Crippen LogP contribution in [0, 0.1) is 5.82 Å². The zero-order valence-corrected chi connectivity index (χ0v) is 12.5. The summed E-state index contributed by atoms with van der Waals surface area (Å²) in [5.41, 5.74) is 5.74. The average Bonchev–Trinajstić information content (AvgIpc) is 2.98. The highest BCUT2D eigenvalue weighted by Crippen LogP contribution is 2.20. The lowest BCUT2D eigenvalue weighted by Crippen LogP contribution is -2.33. The molecular weight excluding hydrogens is 291 g/mol. The SMILES string of the molecule is COCCN(Cc1cccs1)C(=O)c1cccc(F)c1N. The Morgan fingerprint density at radius 2 is 2.19 bits per heavy atom. The molecule has 0 saturated heterocycles. The molecule has 6 heteroatoms. The minimum atomic E-state index is -0.580. The Balaban J connectivity index is 2.22. The quantitative estimate of drug-likeness (QED) is 0.835. The Hall–Kier alpha value is -1.92. The molecule has 0 aliphatic rings. The molecule has 2 aromatic rings. The molecule has 0 spiro atoms. The maximum atomic E-state index is 13.5. The Morgan fingerprint density at radius 1 is 1.38 bits per heavy atom. The van der Waals surface area contributed by atoms with Crippen LogP contribution in [0.1, 0.15) is 15.2 Å². The van der Waals surface area contributed by atoms with Crippen molar-refractivity contribution in [1.29, 1.82) is 0 Å². The van der Waals surface area contributed by atoms with Crippen LogP contribution in [-0.2, 0) is 11.3 Å². The summed E-state index contributed by atoms with van der Waals surface area (Å²) in [5.74, 6) is -0.874. The van der Waals surface area contributed by atoms with Crippen LogP contribution >= 0.6 is 11.3 Å². The second-order valence-corrected chi connectivity index (χ2v) is 5.53. The van der Waals surface area contributed by atoms with Crippen molar-refractivity contribution < 1.29 is 13.9 Å². The van der Waals surface area contributed by atoms with Gasteiger partial charge in [0, 0.05) is 18.5 Å². The Kier molecular flexibility index (Phi) is 5.30. The number of rotatable bonds is 6. The van der Waals surface area contributed by atoms with E-state index in [4.69, 9.17) is 10.5 Å². The van der Waals surface area contributed by atoms with Crippen molar-refractivity contribution in [1.82, 2.24) is 4.90 Å². The number of benzene rings is 1. The highest BCUT2D eigenvalue weighted by Gasteiger charge is 2.20. The van der Waals surface area contributed by atoms with Gasteiger partial charge in [-0.25, -0.2) is 4.39 Å². The Labute approximate surface area is 126 Å². The van der Waals surface area contributed by atoms with Gasteiger partial charge in [-0.3, -0.25) is 4.79 Å². The zero-order valence-electron chi connectivity index (χ0n) is 11.7. The molecule has 0 bridgehead atoms. The van der Waals surface area contributed by atoms with Crippen molar-refractivity contribution in [2.24, 2.45) is 0 Å². The van der Waals surface area contributed by atoms with Crippen molar-refractivity contribution in [2.45, 2.75) is 6.54 Å². The maximum Gasteiger partial charge on any atom is 0.256 e. The second-order valence-electron chi connectivity index (χ2n) is 4.50. The van der Waals surface area contributed by atoms with E-state index in [2.05, 4.69) is 0 Å². The van der Waals surface area contributed by atoms with Gasteiger partial charge < -0.3 is 15.4 Å². The summed E-state index contributed by atoms with van der Waals surface area (Å²) in [6, 6.07) is 8.14. The van der Waals surface area contributed by atoms with Crippen molar-refractivity contribution in [3.8, 4) is 0 Å². The third-order valence-corrected chi connectivity index (χ3v) is 3.92. The van der Waals surface area contributed by atoms with E-state index in [0.29, 0.717) is 19.7 Å². The van der Waals surface area contributed by atoms with Gasteiger partial charge in [-0.05, 0) is 23.6 Å². The van der Waals surface area contributed by atoms with E-state index >= 15 is 0 Å². The number of thiophene rings is 1. The molecule has 1 aromatic heterocycles. The number of para-hydroxylation sites is 1. The first-order valence-corrected chi connectivity index (χ1v) is 7.36. The first-order chi connectivity index (χ1) is 10.1. The van der Waals surface area contributed by atoms with Crippen LogP contribution in [-0.4, -0.2) is 31.1 Å². The van der Waals surface area contributed by atoms with E-state index in [1.165, 1.54) is 18.2 Å². The Bertz CT molecular complexity index is 602. The zero-order chi connectivity index (χ0) is 15.2. The number of nitrogen functional groups attached to an aromatic ring is 1. The molecule has 21 heavy (non-hydrogen) atoms. The number of hydrogen-bond donors (Lipinski definition) is 1. The number of amides is 1. The highest BCUT2D eigenvalue weighted by atomic mass is 32.1. The minimum Gasteiger partial charge on any atom is -0.396 e. The molecule has 0 aliphatic heterocycles. The lowest BCUT2D eigenvalue weighted by molar-refractivity contribution is 0.0683. The molecule has 0 radical (unpaired) electrons. The fourth-order valence-corrected chi connectivity index (χ4v) is 2.66. The molecule has 2 N–H and O–H groups in total. The first kappa shape index (κ1) is 15.5. The molecule has 0 saturated carbocycles. The molecule has 0 unspecified atom stereocenters. The van der Waals surface area contributed by atoms with Crippen molar-refractivity contribution in [3.05, 3.63) is 52.0 Å². The van der Waals surface area contributed by atoms with E-state index < -0.39 is 5.82 Å². The lowest BCUT2D eigenvalue weighted by Gasteiger charge is -2.22. The lowest BCUT2D eigenvalue weighted by atomic mass is 10.1. The summed E-state index contributed by atoms with van der Waals surface area (Å²) < 4.78 is 18.5. The predicted molar refractivity (Wildman–Crippen MR) is 81.7 cm³/mol. The molecule has 112 valence electrons. The van der Waals surface area contributed by atoms with Crippen molar-refractivity contribution in [2.75, 3.05) is 26.0 Å². The van der Waals surface area contributed by atoms with Crippen LogP contribution in [0.15, 0.2) is 35.7 Å². The molecule has 1 amide bonds. The largest absolute Gasteiger partial charge is 0.396 e. The molecule has 4 nitrogen and oxygen atoms in total. The van der Waals surface area contributed by atoms with Gasteiger partial charge in [0.2, 0.25) is 0 Å². The summed E-state index contributed by atoms with van der Waals surface area (Å²) in [5, 5.41) is 1.95. The van der Waals surface area contributed by atoms with Gasteiger partial charge in [0.1, 0.15) is 5.82 Å². The molecule has 0 aliphatic carbocycles. The Morgan fingerprint density at radius 3 is 2.86 bits per heavy atom. The summed E-state index contributed by atoms with van der Waals surface area (Å²) in [6.45, 7) is 1.28. The van der Waals surface area contributed by atoms with Gasteiger partial charge in [0.25, 0.3) is 5.91 Å². The third kappa shape index (κ3) is 3.80. The van der Waals surface area contributed by atoms with Gasteiger partial charge in [-0.2, -0.15) is 0 Å². The van der Waals surface area contributed by atoms with Crippen LogP contribution in [0.5, 0.6) is 0 Å². The molecule has 1 heterocycles. The van der Waals surface area contributed by atoms with E-state index in [1.54, 1.807) is 23.3 Å². The molecule has 0 fully saturated rings.